The minimum Gasteiger partial charge on any atom is -0.382 e. The van der Waals surface area contributed by atoms with Gasteiger partial charge in [-0.1, -0.05) is 0 Å². The third-order valence-electron chi connectivity index (χ3n) is 2.93. The molecule has 0 amide bonds. The number of nitrogens with zero attached hydrogens (tertiary/aromatic N) is 1. The largest absolute Gasteiger partial charge is 0.382 e. The van der Waals surface area contributed by atoms with Gasteiger partial charge in [-0.05, 0) is 19.3 Å². The molecule has 2 N–H and O–H groups in total. The van der Waals surface area contributed by atoms with Crippen LogP contribution in [0, 0.1) is 0 Å². The molecule has 1 fully saturated rings. The molecule has 0 saturated heterocycles. The fraction of sp³-hybridized carbons (Fsp3) is 0.692. The Morgan fingerprint density at radius 1 is 1.42 bits per heavy atom. The van der Waals surface area contributed by atoms with E-state index in [4.69, 9.17) is 9.47 Å². The zero-order valence-electron chi connectivity index (χ0n) is 11.3. The van der Waals surface area contributed by atoms with Gasteiger partial charge in [0.15, 0.2) is 0 Å². The molecule has 1 saturated carbocycles. The molecule has 106 valence electrons. The van der Waals surface area contributed by atoms with Crippen LogP contribution < -0.4 is 10.9 Å². The molecule has 0 aliphatic heterocycles. The van der Waals surface area contributed by atoms with Crippen molar-refractivity contribution >= 4 is 5.82 Å². The van der Waals surface area contributed by atoms with E-state index >= 15 is 0 Å². The highest BCUT2D eigenvalue weighted by Gasteiger charge is 2.26. The Balaban J connectivity index is 1.69. The molecule has 1 aliphatic rings. The molecule has 2 rings (SSSR count). The number of methoxy groups -OCH3 is 1. The van der Waals surface area contributed by atoms with Crippen LogP contribution in [0.25, 0.3) is 0 Å². The number of hydrogen-bond donors (Lipinski definition) is 2. The van der Waals surface area contributed by atoms with E-state index in [9.17, 15) is 4.79 Å². The third kappa shape index (κ3) is 5.00. The van der Waals surface area contributed by atoms with Gasteiger partial charge in [0, 0.05) is 32.2 Å². The van der Waals surface area contributed by atoms with Gasteiger partial charge < -0.3 is 19.8 Å². The minimum absolute atomic E-state index is 0.0873. The molecule has 0 radical (unpaired) electrons. The Bertz CT molecular complexity index is 443. The first-order chi connectivity index (χ1) is 9.29. The van der Waals surface area contributed by atoms with Gasteiger partial charge in [-0.25, -0.2) is 4.98 Å². The molecule has 6 heteroatoms. The van der Waals surface area contributed by atoms with Crippen molar-refractivity contribution in [1.29, 1.82) is 0 Å². The average molecular weight is 267 g/mol. The second-order valence-electron chi connectivity index (χ2n) is 4.68. The smallest absolute Gasteiger partial charge is 0.252 e. The highest BCUT2D eigenvalue weighted by molar-refractivity contribution is 5.33. The van der Waals surface area contributed by atoms with Crippen molar-refractivity contribution in [3.05, 3.63) is 22.2 Å². The molecule has 19 heavy (non-hydrogen) atoms. The first-order valence-corrected chi connectivity index (χ1v) is 6.71. The molecule has 1 heterocycles. The van der Waals surface area contributed by atoms with Gasteiger partial charge in [0.25, 0.3) is 5.56 Å². The van der Waals surface area contributed by atoms with Crippen LogP contribution in [0.15, 0.2) is 10.9 Å². The number of aromatic nitrogens is 2. The summed E-state index contributed by atoms with van der Waals surface area (Å²) >= 11 is 0. The molecule has 1 aromatic rings. The van der Waals surface area contributed by atoms with Crippen LogP contribution >= 0.6 is 0 Å². The molecule has 0 bridgehead atoms. The van der Waals surface area contributed by atoms with Gasteiger partial charge in [-0.15, -0.1) is 0 Å². The number of hydrogen-bond acceptors (Lipinski definition) is 5. The summed E-state index contributed by atoms with van der Waals surface area (Å²) in [5.74, 6) is 1.92. The summed E-state index contributed by atoms with van der Waals surface area (Å²) < 4.78 is 10.2. The van der Waals surface area contributed by atoms with Crippen LogP contribution in [0.5, 0.6) is 0 Å². The average Bonchev–Trinajstić information content (AvgIpc) is 3.21. The molecular weight excluding hydrogens is 246 g/mol. The maximum Gasteiger partial charge on any atom is 0.252 e. The van der Waals surface area contributed by atoms with E-state index in [0.717, 1.165) is 31.6 Å². The van der Waals surface area contributed by atoms with Crippen molar-refractivity contribution in [2.75, 3.05) is 38.8 Å². The normalized spacial score (nSPS) is 14.6. The highest BCUT2D eigenvalue weighted by Crippen LogP contribution is 2.37. The fourth-order valence-corrected chi connectivity index (χ4v) is 1.75. The lowest BCUT2D eigenvalue weighted by molar-refractivity contribution is 0.0705. The number of ether oxygens (including phenoxy) is 2. The molecule has 1 aliphatic carbocycles. The Morgan fingerprint density at radius 2 is 2.26 bits per heavy atom. The van der Waals surface area contributed by atoms with Crippen LogP contribution in [-0.2, 0) is 9.47 Å². The van der Waals surface area contributed by atoms with Crippen LogP contribution in [0.4, 0.5) is 5.82 Å². The summed E-state index contributed by atoms with van der Waals surface area (Å²) in [6.45, 7) is 2.65. The van der Waals surface area contributed by atoms with E-state index in [-0.39, 0.29) is 5.56 Å². The molecule has 6 nitrogen and oxygen atoms in total. The molecule has 0 spiro atoms. The summed E-state index contributed by atoms with van der Waals surface area (Å²) in [5.41, 5.74) is -0.0873. The Morgan fingerprint density at radius 3 is 3.00 bits per heavy atom. The summed E-state index contributed by atoms with van der Waals surface area (Å²) in [4.78, 5) is 18.7. The summed E-state index contributed by atoms with van der Waals surface area (Å²) in [5, 5.41) is 3.16. The fourth-order valence-electron chi connectivity index (χ4n) is 1.75. The molecule has 0 aromatic carbocycles. The number of aromatic amines is 1. The first kappa shape index (κ1) is 14.0. The van der Waals surface area contributed by atoms with E-state index in [1.54, 1.807) is 7.11 Å². The zero-order chi connectivity index (χ0) is 13.5. The van der Waals surface area contributed by atoms with E-state index < -0.39 is 0 Å². The standard InChI is InChI=1S/C13H21N3O3/c1-18-7-8-19-6-2-5-14-11-9-12(17)16-13(15-11)10-3-4-10/h9-10H,2-8H2,1H3,(H2,14,15,16,17). The van der Waals surface area contributed by atoms with Crippen molar-refractivity contribution in [2.45, 2.75) is 25.2 Å². The summed E-state index contributed by atoms with van der Waals surface area (Å²) in [6.07, 6.45) is 3.12. The SMILES string of the molecule is COCCOCCCNc1cc(=O)[nH]c(C2CC2)n1. The second-order valence-corrected chi connectivity index (χ2v) is 4.68. The number of nitrogens with one attached hydrogen (secondary N) is 2. The van der Waals surface area contributed by atoms with Crippen LogP contribution in [0.3, 0.4) is 0 Å². The van der Waals surface area contributed by atoms with E-state index in [0.29, 0.717) is 31.6 Å². The maximum absolute atomic E-state index is 11.5. The van der Waals surface area contributed by atoms with Crippen LogP contribution in [-0.4, -0.2) is 43.4 Å². The summed E-state index contributed by atoms with van der Waals surface area (Å²) in [7, 11) is 1.65. The summed E-state index contributed by atoms with van der Waals surface area (Å²) in [6, 6.07) is 1.50. The van der Waals surface area contributed by atoms with Gasteiger partial charge >= 0.3 is 0 Å². The first-order valence-electron chi connectivity index (χ1n) is 6.71. The highest BCUT2D eigenvalue weighted by atomic mass is 16.5. The van der Waals surface area contributed by atoms with Crippen molar-refractivity contribution in [3.8, 4) is 0 Å². The molecule has 1 aromatic heterocycles. The molecule has 0 atom stereocenters. The van der Waals surface area contributed by atoms with Crippen molar-refractivity contribution in [2.24, 2.45) is 0 Å². The molecular formula is C13H21N3O3. The number of H-pyrrole nitrogens is 1. The lowest BCUT2D eigenvalue weighted by atomic mass is 10.4. The number of rotatable bonds is 9. The monoisotopic (exact) mass is 267 g/mol. The van der Waals surface area contributed by atoms with Crippen molar-refractivity contribution < 1.29 is 9.47 Å². The van der Waals surface area contributed by atoms with Crippen molar-refractivity contribution in [3.63, 3.8) is 0 Å². The van der Waals surface area contributed by atoms with Gasteiger partial charge in [0.1, 0.15) is 11.6 Å². The quantitative estimate of drug-likeness (QED) is 0.655. The van der Waals surface area contributed by atoms with Crippen LogP contribution in [0.2, 0.25) is 0 Å². The lowest BCUT2D eigenvalue weighted by Crippen LogP contribution is -2.15. The predicted molar refractivity (Wildman–Crippen MR) is 72.6 cm³/mol. The zero-order valence-corrected chi connectivity index (χ0v) is 11.3. The maximum atomic E-state index is 11.5. The van der Waals surface area contributed by atoms with Gasteiger partial charge in [-0.2, -0.15) is 0 Å². The number of anilines is 1. The lowest BCUT2D eigenvalue weighted by Gasteiger charge is -2.07. The van der Waals surface area contributed by atoms with Gasteiger partial charge in [0.05, 0.1) is 13.2 Å². The minimum atomic E-state index is -0.0873. The van der Waals surface area contributed by atoms with Crippen molar-refractivity contribution in [1.82, 2.24) is 9.97 Å². The topological polar surface area (TPSA) is 76.2 Å². The Hall–Kier alpha value is -1.40. The Labute approximate surface area is 112 Å². The van der Waals surface area contributed by atoms with E-state index in [1.807, 2.05) is 0 Å². The van der Waals surface area contributed by atoms with E-state index in [1.165, 1.54) is 6.07 Å². The third-order valence-corrected chi connectivity index (χ3v) is 2.93. The van der Waals surface area contributed by atoms with Gasteiger partial charge in [-0.3, -0.25) is 4.79 Å². The van der Waals surface area contributed by atoms with E-state index in [2.05, 4.69) is 15.3 Å². The van der Waals surface area contributed by atoms with Gasteiger partial charge in [0.2, 0.25) is 0 Å². The predicted octanol–water partition coefficient (Wildman–Crippen LogP) is 1.11. The van der Waals surface area contributed by atoms with Crippen LogP contribution in [0.1, 0.15) is 31.0 Å². The second kappa shape index (κ2) is 7.25. The molecule has 0 unspecified atom stereocenters. The Kier molecular flexibility index (Phi) is 5.35.